The lowest BCUT2D eigenvalue weighted by Crippen LogP contribution is -2.20. The molecule has 1 aromatic heterocycles. The van der Waals surface area contributed by atoms with E-state index in [1.165, 1.54) is 12.4 Å². The number of halogens is 3. The molecule has 1 saturated carbocycles. The average Bonchev–Trinajstić information content (AvgIpc) is 2.12. The van der Waals surface area contributed by atoms with Crippen LogP contribution in [0.25, 0.3) is 0 Å². The van der Waals surface area contributed by atoms with Crippen molar-refractivity contribution in [2.75, 3.05) is 6.61 Å². The Morgan fingerprint density at radius 1 is 1.31 bits per heavy atom. The molecule has 0 bridgehead atoms. The van der Waals surface area contributed by atoms with Gasteiger partial charge in [0.2, 0.25) is 5.88 Å². The number of ether oxygens (including phenoxy) is 1. The number of hydrogen-bond donors (Lipinski definition) is 0. The summed E-state index contributed by atoms with van der Waals surface area (Å²) in [5.41, 5.74) is 0.776. The Morgan fingerprint density at radius 2 is 2.06 bits per heavy atom. The second kappa shape index (κ2) is 4.27. The summed E-state index contributed by atoms with van der Waals surface area (Å²) in [6.07, 6.45) is 0.139. The van der Waals surface area contributed by atoms with E-state index >= 15 is 0 Å². The Bertz CT molecular complexity index is 363. The highest BCUT2D eigenvalue weighted by Gasteiger charge is 2.29. The van der Waals surface area contributed by atoms with Crippen molar-refractivity contribution in [1.29, 1.82) is 0 Å². The summed E-state index contributed by atoms with van der Waals surface area (Å²) in [6.45, 7) is -1.31. The minimum absolute atomic E-state index is 0.00535. The molecule has 0 saturated heterocycles. The zero-order valence-corrected chi connectivity index (χ0v) is 8.50. The lowest BCUT2D eigenvalue weighted by atomic mass is 9.83. The topological polar surface area (TPSA) is 35.0 Å². The maximum absolute atomic E-state index is 11.9. The van der Waals surface area contributed by atoms with Crippen molar-refractivity contribution in [3.05, 3.63) is 18.1 Å². The lowest BCUT2D eigenvalue weighted by Gasteiger charge is -2.24. The Kier molecular flexibility index (Phi) is 2.98. The first-order chi connectivity index (χ1) is 7.54. The third-order valence-corrected chi connectivity index (χ3v) is 2.57. The van der Waals surface area contributed by atoms with E-state index in [1.807, 2.05) is 0 Å². The van der Waals surface area contributed by atoms with E-state index in [2.05, 4.69) is 14.7 Å². The molecule has 0 aliphatic heterocycles. The molecule has 0 amide bonds. The minimum Gasteiger partial charge on any atom is -0.468 e. The molecule has 2 rings (SSSR count). The van der Waals surface area contributed by atoms with Gasteiger partial charge in [0.25, 0.3) is 0 Å². The van der Waals surface area contributed by atoms with E-state index < -0.39 is 12.8 Å². The van der Waals surface area contributed by atoms with Crippen molar-refractivity contribution >= 4 is 0 Å². The lowest BCUT2D eigenvalue weighted by molar-refractivity contribution is -0.154. The molecule has 6 heteroatoms. The van der Waals surface area contributed by atoms with Crippen molar-refractivity contribution in [3.63, 3.8) is 0 Å². The standard InChI is InChI=1S/C10H11F3N2O/c11-10(12,13)5-16-9-4-8(14-6-15-9)7-2-1-3-7/h4,6-7H,1-3,5H2. The van der Waals surface area contributed by atoms with Crippen molar-refractivity contribution in [2.24, 2.45) is 0 Å². The molecular formula is C10H11F3N2O. The van der Waals surface area contributed by atoms with Gasteiger partial charge in [0.1, 0.15) is 6.33 Å². The quantitative estimate of drug-likeness (QED) is 0.803. The van der Waals surface area contributed by atoms with E-state index in [4.69, 9.17) is 0 Å². The summed E-state index contributed by atoms with van der Waals surface area (Å²) in [4.78, 5) is 7.68. The number of rotatable bonds is 3. The maximum Gasteiger partial charge on any atom is 0.422 e. The predicted octanol–water partition coefficient (Wildman–Crippen LogP) is 2.69. The highest BCUT2D eigenvalue weighted by Crippen LogP contribution is 2.35. The third kappa shape index (κ3) is 2.84. The van der Waals surface area contributed by atoms with Crippen molar-refractivity contribution in [3.8, 4) is 5.88 Å². The van der Waals surface area contributed by atoms with Crippen LogP contribution >= 0.6 is 0 Å². The Balaban J connectivity index is 1.98. The number of hydrogen-bond acceptors (Lipinski definition) is 3. The fraction of sp³-hybridized carbons (Fsp3) is 0.600. The highest BCUT2D eigenvalue weighted by molar-refractivity contribution is 5.18. The number of alkyl halides is 3. The van der Waals surface area contributed by atoms with Crippen molar-refractivity contribution < 1.29 is 17.9 Å². The summed E-state index contributed by atoms with van der Waals surface area (Å²) >= 11 is 0. The molecule has 0 unspecified atom stereocenters. The van der Waals surface area contributed by atoms with Gasteiger partial charge in [-0.3, -0.25) is 0 Å². The molecule has 1 heterocycles. The summed E-state index contributed by atoms with van der Waals surface area (Å²) < 4.78 is 40.3. The molecule has 16 heavy (non-hydrogen) atoms. The average molecular weight is 232 g/mol. The van der Waals surface area contributed by atoms with E-state index in [-0.39, 0.29) is 5.88 Å². The van der Waals surface area contributed by atoms with Gasteiger partial charge in [0.15, 0.2) is 6.61 Å². The van der Waals surface area contributed by atoms with Gasteiger partial charge in [-0.05, 0) is 12.8 Å². The molecule has 3 nitrogen and oxygen atoms in total. The van der Waals surface area contributed by atoms with Gasteiger partial charge >= 0.3 is 6.18 Å². The summed E-state index contributed by atoms with van der Waals surface area (Å²) in [6, 6.07) is 1.50. The predicted molar refractivity (Wildman–Crippen MR) is 50.2 cm³/mol. The number of nitrogens with zero attached hydrogens (tertiary/aromatic N) is 2. The van der Waals surface area contributed by atoms with E-state index in [0.717, 1.165) is 25.0 Å². The summed E-state index contributed by atoms with van der Waals surface area (Å²) in [5, 5.41) is 0. The summed E-state index contributed by atoms with van der Waals surface area (Å²) in [5.74, 6) is 0.352. The first-order valence-electron chi connectivity index (χ1n) is 5.06. The van der Waals surface area contributed by atoms with Gasteiger partial charge in [0, 0.05) is 12.0 Å². The van der Waals surface area contributed by atoms with Crippen LogP contribution in [0.1, 0.15) is 30.9 Å². The second-order valence-electron chi connectivity index (χ2n) is 3.81. The van der Waals surface area contributed by atoms with Gasteiger partial charge in [-0.15, -0.1) is 0 Å². The number of aromatic nitrogens is 2. The fourth-order valence-electron chi connectivity index (χ4n) is 1.52. The van der Waals surface area contributed by atoms with Crippen LogP contribution in [0.15, 0.2) is 12.4 Å². The molecule has 1 fully saturated rings. The van der Waals surface area contributed by atoms with Gasteiger partial charge < -0.3 is 4.74 Å². The van der Waals surface area contributed by atoms with Crippen LogP contribution < -0.4 is 4.74 Å². The Morgan fingerprint density at radius 3 is 2.62 bits per heavy atom. The smallest absolute Gasteiger partial charge is 0.422 e. The van der Waals surface area contributed by atoms with Crippen LogP contribution in [0, 0.1) is 0 Å². The molecule has 0 atom stereocenters. The highest BCUT2D eigenvalue weighted by atomic mass is 19.4. The largest absolute Gasteiger partial charge is 0.468 e. The molecule has 0 aromatic carbocycles. The monoisotopic (exact) mass is 232 g/mol. The molecule has 1 aromatic rings. The molecule has 0 radical (unpaired) electrons. The van der Waals surface area contributed by atoms with Crippen molar-refractivity contribution in [1.82, 2.24) is 9.97 Å². The SMILES string of the molecule is FC(F)(F)COc1cc(C2CCC2)ncn1. The van der Waals surface area contributed by atoms with E-state index in [0.29, 0.717) is 5.92 Å². The summed E-state index contributed by atoms with van der Waals surface area (Å²) in [7, 11) is 0. The zero-order valence-electron chi connectivity index (χ0n) is 8.50. The fourth-order valence-corrected chi connectivity index (χ4v) is 1.52. The van der Waals surface area contributed by atoms with Gasteiger partial charge in [-0.1, -0.05) is 6.42 Å². The normalized spacial score (nSPS) is 16.9. The van der Waals surface area contributed by atoms with Crippen LogP contribution in [0.4, 0.5) is 13.2 Å². The van der Waals surface area contributed by atoms with E-state index in [1.54, 1.807) is 0 Å². The molecule has 88 valence electrons. The Hall–Kier alpha value is -1.33. The maximum atomic E-state index is 11.9. The van der Waals surface area contributed by atoms with E-state index in [9.17, 15) is 13.2 Å². The second-order valence-corrected chi connectivity index (χ2v) is 3.81. The molecule has 0 N–H and O–H groups in total. The molecule has 1 aliphatic carbocycles. The first kappa shape index (κ1) is 11.2. The third-order valence-electron chi connectivity index (χ3n) is 2.57. The van der Waals surface area contributed by atoms with Gasteiger partial charge in [-0.2, -0.15) is 13.2 Å². The van der Waals surface area contributed by atoms with Crippen LogP contribution in [0.3, 0.4) is 0 Å². The van der Waals surface area contributed by atoms with Crippen molar-refractivity contribution in [2.45, 2.75) is 31.4 Å². The van der Waals surface area contributed by atoms with Crippen LogP contribution in [0.2, 0.25) is 0 Å². The van der Waals surface area contributed by atoms with Crippen LogP contribution in [0.5, 0.6) is 5.88 Å². The minimum atomic E-state index is -4.33. The van der Waals surface area contributed by atoms with Crippen LogP contribution in [-0.4, -0.2) is 22.8 Å². The molecular weight excluding hydrogens is 221 g/mol. The zero-order chi connectivity index (χ0) is 11.6. The van der Waals surface area contributed by atoms with Crippen LogP contribution in [-0.2, 0) is 0 Å². The Labute approximate surface area is 90.7 Å². The first-order valence-corrected chi connectivity index (χ1v) is 5.06. The van der Waals surface area contributed by atoms with Gasteiger partial charge in [-0.25, -0.2) is 9.97 Å². The van der Waals surface area contributed by atoms with Gasteiger partial charge in [0.05, 0.1) is 5.69 Å². The molecule has 0 spiro atoms. The molecule has 1 aliphatic rings.